The number of carbonyl (C=O) groups excluding carboxylic acids is 1. The van der Waals surface area contributed by atoms with Crippen LogP contribution >= 0.6 is 0 Å². The Balaban J connectivity index is 1.89. The van der Waals surface area contributed by atoms with Crippen LogP contribution in [0.25, 0.3) is 0 Å². The molecule has 1 aromatic carbocycles. The number of nitrogens with zero attached hydrogens (tertiary/aromatic N) is 4. The molecule has 5 nitrogen and oxygen atoms in total. The fourth-order valence-electron chi connectivity index (χ4n) is 2.87. The second kappa shape index (κ2) is 6.13. The molecule has 1 aromatic heterocycles. The zero-order chi connectivity index (χ0) is 15.5. The van der Waals surface area contributed by atoms with E-state index in [1.807, 2.05) is 23.1 Å². The van der Waals surface area contributed by atoms with Crippen LogP contribution in [0.15, 0.2) is 36.7 Å². The first-order valence-electron chi connectivity index (χ1n) is 7.71. The highest BCUT2D eigenvalue weighted by Gasteiger charge is 2.26. The first-order valence-corrected chi connectivity index (χ1v) is 7.71. The molecule has 0 fully saturated rings. The van der Waals surface area contributed by atoms with E-state index in [0.29, 0.717) is 12.2 Å². The third-order valence-corrected chi connectivity index (χ3v) is 4.09. The van der Waals surface area contributed by atoms with Gasteiger partial charge >= 0.3 is 0 Å². The lowest BCUT2D eigenvalue weighted by molar-refractivity contribution is 0.0984. The maximum absolute atomic E-state index is 12.8. The lowest BCUT2D eigenvalue weighted by Crippen LogP contribution is -2.30. The number of hydrogen-bond acceptors (Lipinski definition) is 4. The van der Waals surface area contributed by atoms with Crippen molar-refractivity contribution in [1.82, 2.24) is 9.97 Å². The van der Waals surface area contributed by atoms with Crippen LogP contribution in [-0.4, -0.2) is 35.5 Å². The van der Waals surface area contributed by atoms with Crippen molar-refractivity contribution >= 4 is 17.4 Å². The number of amides is 1. The summed E-state index contributed by atoms with van der Waals surface area (Å²) >= 11 is 0. The molecule has 0 bridgehead atoms. The number of hydrogen-bond donors (Lipinski definition) is 0. The molecule has 0 saturated carbocycles. The predicted octanol–water partition coefficient (Wildman–Crippen LogP) is 2.53. The Morgan fingerprint density at radius 3 is 2.77 bits per heavy atom. The van der Waals surface area contributed by atoms with Gasteiger partial charge in [0.15, 0.2) is 0 Å². The molecule has 1 amide bonds. The van der Waals surface area contributed by atoms with Crippen LogP contribution < -0.4 is 9.80 Å². The number of benzene rings is 1. The third kappa shape index (κ3) is 2.54. The van der Waals surface area contributed by atoms with Crippen molar-refractivity contribution in [1.29, 1.82) is 0 Å². The molecule has 3 rings (SSSR count). The molecule has 2 aromatic rings. The van der Waals surface area contributed by atoms with Gasteiger partial charge in [0.1, 0.15) is 17.8 Å². The van der Waals surface area contributed by atoms with Gasteiger partial charge in [0.25, 0.3) is 5.91 Å². The SMILES string of the molecule is CCN(CC)c1cc(C(=O)N2CCc3ccccc32)ncn1. The van der Waals surface area contributed by atoms with Crippen molar-refractivity contribution in [2.45, 2.75) is 20.3 Å². The average Bonchev–Trinajstić information content (AvgIpc) is 3.00. The van der Waals surface area contributed by atoms with Crippen LogP contribution in [-0.2, 0) is 6.42 Å². The molecule has 0 aliphatic carbocycles. The molecule has 1 aliphatic heterocycles. The molecule has 0 N–H and O–H groups in total. The largest absolute Gasteiger partial charge is 0.357 e. The fraction of sp³-hybridized carbons (Fsp3) is 0.353. The Bertz CT molecular complexity index is 682. The summed E-state index contributed by atoms with van der Waals surface area (Å²) in [5, 5.41) is 0. The van der Waals surface area contributed by atoms with Crippen LogP contribution in [0.2, 0.25) is 0 Å². The minimum Gasteiger partial charge on any atom is -0.357 e. The molecular formula is C17H20N4O. The van der Waals surface area contributed by atoms with Gasteiger partial charge in [0.05, 0.1) is 0 Å². The normalized spacial score (nSPS) is 13.1. The molecule has 2 heterocycles. The third-order valence-electron chi connectivity index (χ3n) is 4.09. The van der Waals surface area contributed by atoms with Crippen molar-refractivity contribution in [3.8, 4) is 0 Å². The van der Waals surface area contributed by atoms with Gasteiger partial charge in [-0.05, 0) is 31.9 Å². The van der Waals surface area contributed by atoms with Crippen LogP contribution in [0, 0.1) is 0 Å². The molecule has 5 heteroatoms. The van der Waals surface area contributed by atoms with Gasteiger partial charge in [-0.15, -0.1) is 0 Å². The van der Waals surface area contributed by atoms with Crippen molar-refractivity contribution in [3.63, 3.8) is 0 Å². The van der Waals surface area contributed by atoms with E-state index in [1.165, 1.54) is 11.9 Å². The van der Waals surface area contributed by atoms with E-state index in [2.05, 4.69) is 34.8 Å². The second-order valence-electron chi connectivity index (χ2n) is 5.27. The minimum atomic E-state index is -0.0549. The zero-order valence-electron chi connectivity index (χ0n) is 13.0. The first kappa shape index (κ1) is 14.5. The lowest BCUT2D eigenvalue weighted by atomic mass is 10.2. The Kier molecular flexibility index (Phi) is 4.04. The average molecular weight is 296 g/mol. The predicted molar refractivity (Wildman–Crippen MR) is 87.4 cm³/mol. The maximum Gasteiger partial charge on any atom is 0.277 e. The summed E-state index contributed by atoms with van der Waals surface area (Å²) in [5.74, 6) is 0.747. The van der Waals surface area contributed by atoms with Crippen LogP contribution in [0.5, 0.6) is 0 Å². The summed E-state index contributed by atoms with van der Waals surface area (Å²) in [7, 11) is 0. The number of anilines is 2. The highest BCUT2D eigenvalue weighted by Crippen LogP contribution is 2.28. The van der Waals surface area contributed by atoms with Crippen molar-refractivity contribution in [2.24, 2.45) is 0 Å². The molecule has 0 unspecified atom stereocenters. The molecule has 1 aliphatic rings. The van der Waals surface area contributed by atoms with Gasteiger partial charge in [-0.3, -0.25) is 4.79 Å². The van der Waals surface area contributed by atoms with Crippen LogP contribution in [0.4, 0.5) is 11.5 Å². The van der Waals surface area contributed by atoms with Gasteiger partial charge in [0.2, 0.25) is 0 Å². The molecule has 0 saturated heterocycles. The number of aromatic nitrogens is 2. The molecule has 0 atom stereocenters. The Morgan fingerprint density at radius 2 is 2.00 bits per heavy atom. The molecular weight excluding hydrogens is 276 g/mol. The quantitative estimate of drug-likeness (QED) is 0.870. The van der Waals surface area contributed by atoms with Gasteiger partial charge < -0.3 is 9.80 Å². The van der Waals surface area contributed by atoms with E-state index in [1.54, 1.807) is 6.07 Å². The highest BCUT2D eigenvalue weighted by atomic mass is 16.2. The summed E-state index contributed by atoms with van der Waals surface area (Å²) in [4.78, 5) is 25.2. The van der Waals surface area contributed by atoms with E-state index < -0.39 is 0 Å². The van der Waals surface area contributed by atoms with E-state index >= 15 is 0 Å². The van der Waals surface area contributed by atoms with E-state index in [0.717, 1.165) is 31.0 Å². The zero-order valence-corrected chi connectivity index (χ0v) is 13.0. The Morgan fingerprint density at radius 1 is 1.23 bits per heavy atom. The van der Waals surface area contributed by atoms with E-state index in [9.17, 15) is 4.79 Å². The second-order valence-corrected chi connectivity index (χ2v) is 5.27. The topological polar surface area (TPSA) is 49.3 Å². The summed E-state index contributed by atoms with van der Waals surface area (Å²) in [6.07, 6.45) is 2.37. The maximum atomic E-state index is 12.8. The molecule has 0 spiro atoms. The van der Waals surface area contributed by atoms with Crippen LogP contribution in [0.1, 0.15) is 29.9 Å². The minimum absolute atomic E-state index is 0.0549. The molecule has 22 heavy (non-hydrogen) atoms. The fourth-order valence-corrected chi connectivity index (χ4v) is 2.87. The van der Waals surface area contributed by atoms with Crippen molar-refractivity contribution in [3.05, 3.63) is 47.9 Å². The summed E-state index contributed by atoms with van der Waals surface area (Å²) in [5.41, 5.74) is 2.66. The number of fused-ring (bicyclic) bond motifs is 1. The van der Waals surface area contributed by atoms with E-state index in [4.69, 9.17) is 0 Å². The number of rotatable bonds is 4. The van der Waals surface area contributed by atoms with Crippen molar-refractivity contribution < 1.29 is 4.79 Å². The van der Waals surface area contributed by atoms with E-state index in [-0.39, 0.29) is 5.91 Å². The van der Waals surface area contributed by atoms with Crippen molar-refractivity contribution in [2.75, 3.05) is 29.4 Å². The molecule has 114 valence electrons. The number of para-hydroxylation sites is 1. The van der Waals surface area contributed by atoms with Gasteiger partial charge in [-0.25, -0.2) is 9.97 Å². The number of carbonyl (C=O) groups is 1. The smallest absolute Gasteiger partial charge is 0.277 e. The summed E-state index contributed by atoms with van der Waals surface area (Å²) in [6, 6.07) is 9.83. The van der Waals surface area contributed by atoms with Crippen LogP contribution in [0.3, 0.4) is 0 Å². The summed E-state index contributed by atoms with van der Waals surface area (Å²) in [6.45, 7) is 6.57. The Hall–Kier alpha value is -2.43. The van der Waals surface area contributed by atoms with Gasteiger partial charge in [-0.1, -0.05) is 18.2 Å². The summed E-state index contributed by atoms with van der Waals surface area (Å²) < 4.78 is 0. The highest BCUT2D eigenvalue weighted by molar-refractivity contribution is 6.06. The molecule has 0 radical (unpaired) electrons. The standard InChI is InChI=1S/C17H20N4O/c1-3-20(4-2)16-11-14(18-12-19-16)17(22)21-10-9-13-7-5-6-8-15(13)21/h5-8,11-12H,3-4,9-10H2,1-2H3. The Labute approximate surface area is 130 Å². The monoisotopic (exact) mass is 296 g/mol. The first-order chi connectivity index (χ1) is 10.7. The lowest BCUT2D eigenvalue weighted by Gasteiger charge is -2.21. The van der Waals surface area contributed by atoms with Gasteiger partial charge in [-0.2, -0.15) is 0 Å². The van der Waals surface area contributed by atoms with Gasteiger partial charge in [0, 0.05) is 31.4 Å².